The van der Waals surface area contributed by atoms with Crippen LogP contribution in [0, 0.1) is 5.82 Å². The fourth-order valence-corrected chi connectivity index (χ4v) is 1.05. The SMILES string of the molecule is CC(O)c1cc(F)cc(Cl)c1. The molecule has 11 heavy (non-hydrogen) atoms. The van der Waals surface area contributed by atoms with Gasteiger partial charge in [-0.1, -0.05) is 11.6 Å². The summed E-state index contributed by atoms with van der Waals surface area (Å²) in [6, 6.07) is 4.00. The van der Waals surface area contributed by atoms with Crippen molar-refractivity contribution in [2.24, 2.45) is 0 Å². The molecule has 1 aromatic carbocycles. The molecule has 0 saturated carbocycles. The Hall–Kier alpha value is -0.600. The Balaban J connectivity index is 3.08. The van der Waals surface area contributed by atoms with Gasteiger partial charge in [-0.25, -0.2) is 4.39 Å². The second-order valence-electron chi connectivity index (χ2n) is 2.38. The molecule has 0 saturated heterocycles. The molecule has 0 heterocycles. The molecule has 0 radical (unpaired) electrons. The number of halogens is 2. The minimum Gasteiger partial charge on any atom is -0.389 e. The Labute approximate surface area is 69.4 Å². The summed E-state index contributed by atoms with van der Waals surface area (Å²) in [6.45, 7) is 1.56. The molecule has 1 nitrogen and oxygen atoms in total. The van der Waals surface area contributed by atoms with Gasteiger partial charge in [0, 0.05) is 5.02 Å². The van der Waals surface area contributed by atoms with E-state index < -0.39 is 11.9 Å². The maximum atomic E-state index is 12.6. The molecular formula is C8H8ClFO. The van der Waals surface area contributed by atoms with Gasteiger partial charge in [0.05, 0.1) is 6.10 Å². The number of aliphatic hydroxyl groups is 1. The van der Waals surface area contributed by atoms with E-state index in [-0.39, 0.29) is 0 Å². The summed E-state index contributed by atoms with van der Waals surface area (Å²) in [5.41, 5.74) is 0.495. The Bertz CT molecular complexity index is 240. The number of aliphatic hydroxyl groups excluding tert-OH is 1. The maximum absolute atomic E-state index is 12.6. The summed E-state index contributed by atoms with van der Waals surface area (Å²) < 4.78 is 12.6. The predicted octanol–water partition coefficient (Wildman–Crippen LogP) is 2.53. The Morgan fingerprint density at radius 2 is 2.09 bits per heavy atom. The molecule has 0 aromatic heterocycles. The third-order valence-electron chi connectivity index (χ3n) is 1.37. The summed E-state index contributed by atoms with van der Waals surface area (Å²) in [5, 5.41) is 9.35. The molecule has 1 rings (SSSR count). The topological polar surface area (TPSA) is 20.2 Å². The summed E-state index contributed by atoms with van der Waals surface area (Å²) in [6.07, 6.45) is -0.678. The second kappa shape index (κ2) is 3.20. The van der Waals surface area contributed by atoms with Crippen LogP contribution < -0.4 is 0 Å². The van der Waals surface area contributed by atoms with Crippen LogP contribution in [0.3, 0.4) is 0 Å². The van der Waals surface area contributed by atoms with E-state index in [0.29, 0.717) is 10.6 Å². The van der Waals surface area contributed by atoms with Crippen molar-refractivity contribution in [3.8, 4) is 0 Å². The number of rotatable bonds is 1. The standard InChI is InChI=1S/C8H8ClFO/c1-5(11)6-2-7(9)4-8(10)3-6/h2-5,11H,1H3. The summed E-state index contributed by atoms with van der Waals surface area (Å²) in [7, 11) is 0. The third kappa shape index (κ3) is 2.17. The van der Waals surface area contributed by atoms with Crippen LogP contribution in [-0.4, -0.2) is 5.11 Å². The third-order valence-corrected chi connectivity index (χ3v) is 1.59. The van der Waals surface area contributed by atoms with Crippen molar-refractivity contribution in [2.75, 3.05) is 0 Å². The minimum absolute atomic E-state index is 0.306. The first-order valence-corrected chi connectivity index (χ1v) is 3.61. The largest absolute Gasteiger partial charge is 0.389 e. The van der Waals surface area contributed by atoms with Gasteiger partial charge >= 0.3 is 0 Å². The van der Waals surface area contributed by atoms with Crippen LogP contribution in [0.1, 0.15) is 18.6 Å². The molecule has 0 aliphatic rings. The van der Waals surface area contributed by atoms with Gasteiger partial charge in [-0.15, -0.1) is 0 Å². The zero-order valence-electron chi connectivity index (χ0n) is 6.01. The first-order valence-electron chi connectivity index (χ1n) is 3.23. The van der Waals surface area contributed by atoms with Gasteiger partial charge in [-0.05, 0) is 30.7 Å². The summed E-state index contributed by atoms with van der Waals surface area (Å²) in [4.78, 5) is 0. The van der Waals surface area contributed by atoms with Crippen molar-refractivity contribution in [3.63, 3.8) is 0 Å². The highest BCUT2D eigenvalue weighted by Gasteiger charge is 2.03. The lowest BCUT2D eigenvalue weighted by atomic mass is 10.1. The van der Waals surface area contributed by atoms with E-state index in [9.17, 15) is 4.39 Å². The Morgan fingerprint density at radius 3 is 2.55 bits per heavy atom. The molecule has 1 N–H and O–H groups in total. The van der Waals surface area contributed by atoms with Crippen LogP contribution in [0.2, 0.25) is 5.02 Å². The number of hydrogen-bond donors (Lipinski definition) is 1. The van der Waals surface area contributed by atoms with Crippen LogP contribution in [0.4, 0.5) is 4.39 Å². The van der Waals surface area contributed by atoms with E-state index in [0.717, 1.165) is 0 Å². The van der Waals surface area contributed by atoms with Crippen molar-refractivity contribution in [2.45, 2.75) is 13.0 Å². The first kappa shape index (κ1) is 8.50. The smallest absolute Gasteiger partial charge is 0.125 e. The molecule has 0 amide bonds. The van der Waals surface area contributed by atoms with Gasteiger partial charge in [0.15, 0.2) is 0 Å². The lowest BCUT2D eigenvalue weighted by Gasteiger charge is -2.04. The van der Waals surface area contributed by atoms with Crippen LogP contribution in [0.5, 0.6) is 0 Å². The first-order chi connectivity index (χ1) is 5.09. The zero-order valence-corrected chi connectivity index (χ0v) is 6.77. The minimum atomic E-state index is -0.678. The molecule has 0 fully saturated rings. The highest BCUT2D eigenvalue weighted by Crippen LogP contribution is 2.18. The summed E-state index contributed by atoms with van der Waals surface area (Å²) in [5.74, 6) is -0.423. The molecule has 3 heteroatoms. The molecule has 1 unspecified atom stereocenters. The van der Waals surface area contributed by atoms with Crippen molar-refractivity contribution in [1.82, 2.24) is 0 Å². The molecular weight excluding hydrogens is 167 g/mol. The van der Waals surface area contributed by atoms with Crippen molar-refractivity contribution >= 4 is 11.6 Å². The molecule has 0 aliphatic heterocycles. The van der Waals surface area contributed by atoms with E-state index in [1.54, 1.807) is 6.92 Å². The van der Waals surface area contributed by atoms with E-state index >= 15 is 0 Å². The van der Waals surface area contributed by atoms with Gasteiger partial charge in [0.1, 0.15) is 5.82 Å². The highest BCUT2D eigenvalue weighted by molar-refractivity contribution is 6.30. The van der Waals surface area contributed by atoms with E-state index in [2.05, 4.69) is 0 Å². The van der Waals surface area contributed by atoms with Crippen molar-refractivity contribution in [1.29, 1.82) is 0 Å². The van der Waals surface area contributed by atoms with Gasteiger partial charge in [0.25, 0.3) is 0 Å². The number of hydrogen-bond acceptors (Lipinski definition) is 1. The van der Waals surface area contributed by atoms with Gasteiger partial charge in [-0.3, -0.25) is 0 Å². The molecule has 1 aromatic rings. The average Bonchev–Trinajstić information content (AvgIpc) is 1.85. The number of benzene rings is 1. The monoisotopic (exact) mass is 174 g/mol. The van der Waals surface area contributed by atoms with Crippen LogP contribution >= 0.6 is 11.6 Å². The molecule has 1 atom stereocenters. The Kier molecular flexibility index (Phi) is 2.47. The molecule has 0 aliphatic carbocycles. The van der Waals surface area contributed by atoms with Gasteiger partial charge in [0.2, 0.25) is 0 Å². The lowest BCUT2D eigenvalue weighted by molar-refractivity contribution is 0.199. The summed E-state index contributed by atoms with van der Waals surface area (Å²) >= 11 is 5.54. The zero-order chi connectivity index (χ0) is 8.43. The predicted molar refractivity (Wildman–Crippen MR) is 42.0 cm³/mol. The highest BCUT2D eigenvalue weighted by atomic mass is 35.5. The fourth-order valence-electron chi connectivity index (χ4n) is 0.816. The fraction of sp³-hybridized carbons (Fsp3) is 0.250. The second-order valence-corrected chi connectivity index (χ2v) is 2.82. The van der Waals surface area contributed by atoms with Crippen LogP contribution in [0.25, 0.3) is 0 Å². The Morgan fingerprint density at radius 1 is 1.45 bits per heavy atom. The van der Waals surface area contributed by atoms with E-state index in [1.807, 2.05) is 0 Å². The molecule has 0 spiro atoms. The normalized spacial score (nSPS) is 13.1. The van der Waals surface area contributed by atoms with E-state index in [1.165, 1.54) is 18.2 Å². The maximum Gasteiger partial charge on any atom is 0.125 e. The van der Waals surface area contributed by atoms with Gasteiger partial charge < -0.3 is 5.11 Å². The van der Waals surface area contributed by atoms with Crippen LogP contribution in [0.15, 0.2) is 18.2 Å². The van der Waals surface area contributed by atoms with E-state index in [4.69, 9.17) is 16.7 Å². The van der Waals surface area contributed by atoms with Crippen molar-refractivity contribution < 1.29 is 9.50 Å². The van der Waals surface area contributed by atoms with Gasteiger partial charge in [-0.2, -0.15) is 0 Å². The van der Waals surface area contributed by atoms with Crippen molar-refractivity contribution in [3.05, 3.63) is 34.6 Å². The quantitative estimate of drug-likeness (QED) is 0.694. The molecule has 0 bridgehead atoms. The lowest BCUT2D eigenvalue weighted by Crippen LogP contribution is -1.91. The molecule has 60 valence electrons. The van der Waals surface area contributed by atoms with Crippen LogP contribution in [-0.2, 0) is 0 Å². The average molecular weight is 175 g/mol.